The molecule has 160 valence electrons. The lowest BCUT2D eigenvalue weighted by atomic mass is 10.1. The molecule has 31 heavy (non-hydrogen) atoms. The monoisotopic (exact) mass is 423 g/mol. The quantitative estimate of drug-likeness (QED) is 0.475. The maximum Gasteiger partial charge on any atom is 0.421 e. The fourth-order valence-corrected chi connectivity index (χ4v) is 2.85. The van der Waals surface area contributed by atoms with Crippen LogP contribution in [0.2, 0.25) is 0 Å². The number of nitrogens with zero attached hydrogens (tertiary/aromatic N) is 3. The molecule has 1 aromatic heterocycles. The predicted octanol–water partition coefficient (Wildman–Crippen LogP) is 4.08. The number of para-hydroxylation sites is 1. The molecule has 0 spiro atoms. The first-order valence-corrected chi connectivity index (χ1v) is 9.28. The summed E-state index contributed by atoms with van der Waals surface area (Å²) in [6.07, 6.45) is 0.731. The van der Waals surface area contributed by atoms with Gasteiger partial charge in [0.25, 0.3) is 11.6 Å². The van der Waals surface area contributed by atoms with E-state index in [0.717, 1.165) is 4.57 Å². The van der Waals surface area contributed by atoms with Crippen LogP contribution in [-0.4, -0.2) is 32.1 Å². The van der Waals surface area contributed by atoms with Crippen LogP contribution in [0.25, 0.3) is 11.3 Å². The van der Waals surface area contributed by atoms with E-state index in [9.17, 15) is 19.7 Å². The highest BCUT2D eigenvalue weighted by Gasteiger charge is 2.23. The Balaban J connectivity index is 1.91. The predicted molar refractivity (Wildman–Crippen MR) is 115 cm³/mol. The Morgan fingerprint density at radius 2 is 1.87 bits per heavy atom. The molecule has 0 atom stereocenters. The van der Waals surface area contributed by atoms with Crippen LogP contribution in [0.1, 0.15) is 31.1 Å². The number of anilines is 2. The van der Waals surface area contributed by atoms with E-state index in [1.54, 1.807) is 51.1 Å². The zero-order chi connectivity index (χ0) is 22.8. The Bertz CT molecular complexity index is 1160. The van der Waals surface area contributed by atoms with Gasteiger partial charge in [0.05, 0.1) is 16.8 Å². The SMILES string of the molecule is CC(C)(C)OC(=O)n1c(-c2cccc(NC(=O)c3ccccc3[N+](=O)[O-])c2)cnc1N. The van der Waals surface area contributed by atoms with Crippen molar-refractivity contribution in [2.24, 2.45) is 0 Å². The number of ether oxygens (including phenoxy) is 1. The fourth-order valence-electron chi connectivity index (χ4n) is 2.85. The molecule has 0 saturated heterocycles. The van der Waals surface area contributed by atoms with Gasteiger partial charge in [-0.1, -0.05) is 24.3 Å². The number of nitro benzene ring substituents is 1. The molecule has 1 amide bonds. The van der Waals surface area contributed by atoms with E-state index in [2.05, 4.69) is 10.3 Å². The zero-order valence-corrected chi connectivity index (χ0v) is 17.2. The molecule has 2 aromatic carbocycles. The van der Waals surface area contributed by atoms with Crippen LogP contribution in [-0.2, 0) is 4.74 Å². The third kappa shape index (κ3) is 4.86. The molecule has 0 saturated carbocycles. The molecule has 0 bridgehead atoms. The van der Waals surface area contributed by atoms with Crippen LogP contribution in [0.15, 0.2) is 54.7 Å². The van der Waals surface area contributed by atoms with Crippen LogP contribution < -0.4 is 11.1 Å². The second-order valence-corrected chi connectivity index (χ2v) is 7.63. The molecule has 1 heterocycles. The minimum Gasteiger partial charge on any atom is -0.443 e. The molecule has 3 rings (SSSR count). The third-order valence-corrected chi connectivity index (χ3v) is 4.13. The summed E-state index contributed by atoms with van der Waals surface area (Å²) in [5.41, 5.74) is 6.04. The van der Waals surface area contributed by atoms with Gasteiger partial charge in [-0.25, -0.2) is 14.3 Å². The number of rotatable bonds is 4. The molecular formula is C21H21N5O5. The van der Waals surface area contributed by atoms with E-state index < -0.39 is 22.5 Å². The second-order valence-electron chi connectivity index (χ2n) is 7.63. The number of amides is 1. The molecule has 0 aliphatic carbocycles. The first-order valence-electron chi connectivity index (χ1n) is 9.28. The van der Waals surface area contributed by atoms with Gasteiger partial charge in [-0.3, -0.25) is 14.9 Å². The number of aromatic nitrogens is 2. The van der Waals surface area contributed by atoms with Gasteiger partial charge in [-0.15, -0.1) is 0 Å². The van der Waals surface area contributed by atoms with Crippen molar-refractivity contribution in [1.29, 1.82) is 0 Å². The summed E-state index contributed by atoms with van der Waals surface area (Å²) in [5, 5.41) is 13.8. The van der Waals surface area contributed by atoms with Gasteiger partial charge >= 0.3 is 6.09 Å². The van der Waals surface area contributed by atoms with Gasteiger partial charge in [0.2, 0.25) is 5.95 Å². The van der Waals surface area contributed by atoms with Crippen LogP contribution in [0.4, 0.5) is 22.1 Å². The van der Waals surface area contributed by atoms with Crippen LogP contribution >= 0.6 is 0 Å². The van der Waals surface area contributed by atoms with Gasteiger partial charge in [-0.2, -0.15) is 0 Å². The molecule has 0 radical (unpaired) electrons. The highest BCUT2D eigenvalue weighted by molar-refractivity contribution is 6.07. The smallest absolute Gasteiger partial charge is 0.421 e. The van der Waals surface area contributed by atoms with Gasteiger partial charge in [0.15, 0.2) is 0 Å². The van der Waals surface area contributed by atoms with Crippen molar-refractivity contribution in [2.45, 2.75) is 26.4 Å². The highest BCUT2D eigenvalue weighted by Crippen LogP contribution is 2.27. The first kappa shape index (κ1) is 21.5. The highest BCUT2D eigenvalue weighted by atomic mass is 16.6. The number of nitro groups is 1. The van der Waals surface area contributed by atoms with Crippen molar-refractivity contribution in [3.63, 3.8) is 0 Å². The molecule has 3 N–H and O–H groups in total. The summed E-state index contributed by atoms with van der Waals surface area (Å²) >= 11 is 0. The molecule has 10 nitrogen and oxygen atoms in total. The standard InChI is InChI=1S/C21H21N5O5/c1-21(2,3)31-20(28)25-17(12-23-19(25)22)13-7-6-8-14(11-13)24-18(27)15-9-4-5-10-16(15)26(29)30/h4-12H,1-3H3,(H2,22,23)(H,24,27). The lowest BCUT2D eigenvalue weighted by molar-refractivity contribution is -0.385. The van der Waals surface area contributed by atoms with E-state index >= 15 is 0 Å². The minimum absolute atomic E-state index is 0.0430. The zero-order valence-electron chi connectivity index (χ0n) is 17.2. The average molecular weight is 423 g/mol. The summed E-state index contributed by atoms with van der Waals surface area (Å²) in [6.45, 7) is 5.20. The van der Waals surface area contributed by atoms with Crippen molar-refractivity contribution < 1.29 is 19.2 Å². The fraction of sp³-hybridized carbons (Fsp3) is 0.190. The number of carbonyl (C=O) groups excluding carboxylic acids is 2. The second kappa shape index (κ2) is 8.27. The van der Waals surface area contributed by atoms with Crippen LogP contribution in [0.3, 0.4) is 0 Å². The van der Waals surface area contributed by atoms with E-state index in [4.69, 9.17) is 10.5 Å². The lowest BCUT2D eigenvalue weighted by Gasteiger charge is -2.20. The molecule has 10 heteroatoms. The molecular weight excluding hydrogens is 402 g/mol. The van der Waals surface area contributed by atoms with E-state index in [-0.39, 0.29) is 17.2 Å². The Morgan fingerprint density at radius 3 is 2.55 bits per heavy atom. The largest absolute Gasteiger partial charge is 0.443 e. The summed E-state index contributed by atoms with van der Waals surface area (Å²) in [7, 11) is 0. The van der Waals surface area contributed by atoms with Crippen LogP contribution in [0, 0.1) is 10.1 Å². The Labute approximate surface area is 177 Å². The number of nitrogens with two attached hydrogens (primary N) is 1. The van der Waals surface area contributed by atoms with Crippen LogP contribution in [0.5, 0.6) is 0 Å². The van der Waals surface area contributed by atoms with Crippen molar-refractivity contribution in [3.05, 3.63) is 70.4 Å². The molecule has 0 fully saturated rings. The molecule has 0 unspecified atom stereocenters. The number of nitrogens with one attached hydrogen (secondary N) is 1. The Hall–Kier alpha value is -4.21. The van der Waals surface area contributed by atoms with E-state index in [1.807, 2.05) is 0 Å². The minimum atomic E-state index is -0.731. The molecule has 0 aliphatic heterocycles. The molecule has 0 aliphatic rings. The first-order chi connectivity index (χ1) is 14.6. The molecule has 3 aromatic rings. The number of hydrogen-bond donors (Lipinski definition) is 2. The number of nitrogen functional groups attached to an aromatic ring is 1. The topological polar surface area (TPSA) is 142 Å². The van der Waals surface area contributed by atoms with Crippen molar-refractivity contribution in [2.75, 3.05) is 11.1 Å². The van der Waals surface area contributed by atoms with Gasteiger partial charge < -0.3 is 15.8 Å². The summed E-state index contributed by atoms with van der Waals surface area (Å²) in [6, 6.07) is 12.2. The summed E-state index contributed by atoms with van der Waals surface area (Å²) in [4.78, 5) is 39.7. The Morgan fingerprint density at radius 1 is 1.16 bits per heavy atom. The van der Waals surface area contributed by atoms with Crippen molar-refractivity contribution in [1.82, 2.24) is 9.55 Å². The van der Waals surface area contributed by atoms with E-state index in [1.165, 1.54) is 24.4 Å². The van der Waals surface area contributed by atoms with Crippen molar-refractivity contribution >= 4 is 29.3 Å². The van der Waals surface area contributed by atoms with E-state index in [0.29, 0.717) is 16.9 Å². The average Bonchev–Trinajstić information content (AvgIpc) is 3.08. The number of carbonyl (C=O) groups is 2. The number of imidazole rings is 1. The summed E-state index contributed by atoms with van der Waals surface area (Å²) < 4.78 is 6.52. The van der Waals surface area contributed by atoms with Crippen molar-refractivity contribution in [3.8, 4) is 11.3 Å². The van der Waals surface area contributed by atoms with Gasteiger partial charge in [-0.05, 0) is 39.0 Å². The summed E-state index contributed by atoms with van der Waals surface area (Å²) in [5.74, 6) is -0.678. The van der Waals surface area contributed by atoms with Gasteiger partial charge in [0.1, 0.15) is 11.2 Å². The normalized spacial score (nSPS) is 11.1. The third-order valence-electron chi connectivity index (χ3n) is 4.13. The number of hydrogen-bond acceptors (Lipinski definition) is 7. The maximum atomic E-state index is 12.6. The van der Waals surface area contributed by atoms with Gasteiger partial charge in [0, 0.05) is 17.3 Å². The maximum absolute atomic E-state index is 12.6. The Kier molecular flexibility index (Phi) is 5.73. The lowest BCUT2D eigenvalue weighted by Crippen LogP contribution is -2.28. The number of benzene rings is 2.